The highest BCUT2D eigenvalue weighted by Crippen LogP contribution is 2.21. The van der Waals surface area contributed by atoms with Crippen LogP contribution in [0.4, 0.5) is 10.5 Å². The highest BCUT2D eigenvalue weighted by atomic mass is 79.9. The van der Waals surface area contributed by atoms with E-state index in [0.717, 1.165) is 10.7 Å². The fraction of sp³-hybridized carbons (Fsp3) is 0.462. The lowest BCUT2D eigenvalue weighted by molar-refractivity contribution is 0.239. The van der Waals surface area contributed by atoms with Gasteiger partial charge in [-0.25, -0.2) is 13.2 Å². The van der Waals surface area contributed by atoms with E-state index in [4.69, 9.17) is 0 Å². The zero-order chi connectivity index (χ0) is 16.0. The molecular weight excluding hydrogens is 358 g/mol. The maximum Gasteiger partial charge on any atom is 0.315 e. The van der Waals surface area contributed by atoms with Crippen molar-refractivity contribution in [3.8, 4) is 0 Å². The van der Waals surface area contributed by atoms with Gasteiger partial charge in [0.1, 0.15) is 0 Å². The first kappa shape index (κ1) is 17.8. The SMILES string of the molecule is CC(C)NC(=O)NCCN(c1cccc(Br)c1)S(C)(=O)=O. The van der Waals surface area contributed by atoms with E-state index in [9.17, 15) is 13.2 Å². The number of nitrogens with one attached hydrogen (secondary N) is 2. The monoisotopic (exact) mass is 377 g/mol. The molecule has 0 aliphatic heterocycles. The Hall–Kier alpha value is -1.28. The van der Waals surface area contributed by atoms with Gasteiger partial charge < -0.3 is 10.6 Å². The van der Waals surface area contributed by atoms with Crippen molar-refractivity contribution in [1.29, 1.82) is 0 Å². The summed E-state index contributed by atoms with van der Waals surface area (Å²) in [4.78, 5) is 11.5. The zero-order valence-corrected chi connectivity index (χ0v) is 14.7. The third kappa shape index (κ3) is 6.34. The number of amides is 2. The number of hydrogen-bond acceptors (Lipinski definition) is 3. The minimum Gasteiger partial charge on any atom is -0.336 e. The van der Waals surface area contributed by atoms with Gasteiger partial charge in [0.25, 0.3) is 0 Å². The Labute approximate surface area is 134 Å². The summed E-state index contributed by atoms with van der Waals surface area (Å²) in [7, 11) is -3.41. The van der Waals surface area contributed by atoms with E-state index in [1.54, 1.807) is 18.2 Å². The van der Waals surface area contributed by atoms with Gasteiger partial charge in [-0.1, -0.05) is 22.0 Å². The highest BCUT2D eigenvalue weighted by Gasteiger charge is 2.17. The fourth-order valence-electron chi connectivity index (χ4n) is 1.70. The van der Waals surface area contributed by atoms with E-state index in [0.29, 0.717) is 5.69 Å². The Balaban J connectivity index is 2.71. The van der Waals surface area contributed by atoms with Crippen LogP contribution in [0.15, 0.2) is 28.7 Å². The molecule has 1 aromatic carbocycles. The highest BCUT2D eigenvalue weighted by molar-refractivity contribution is 9.10. The smallest absolute Gasteiger partial charge is 0.315 e. The van der Waals surface area contributed by atoms with Crippen LogP contribution in [0.3, 0.4) is 0 Å². The summed E-state index contributed by atoms with van der Waals surface area (Å²) in [6.07, 6.45) is 1.14. The lowest BCUT2D eigenvalue weighted by Crippen LogP contribution is -2.43. The molecule has 6 nitrogen and oxygen atoms in total. The predicted octanol–water partition coefficient (Wildman–Crippen LogP) is 1.92. The predicted molar refractivity (Wildman–Crippen MR) is 88.0 cm³/mol. The molecule has 0 unspecified atom stereocenters. The molecule has 0 aliphatic rings. The maximum absolute atomic E-state index is 11.9. The molecule has 2 amide bonds. The number of carbonyl (C=O) groups excluding carboxylic acids is 1. The fourth-order valence-corrected chi connectivity index (χ4v) is 3.01. The summed E-state index contributed by atoms with van der Waals surface area (Å²) in [5.41, 5.74) is 0.554. The normalized spacial score (nSPS) is 11.3. The molecule has 8 heteroatoms. The van der Waals surface area contributed by atoms with Crippen LogP contribution in [0.1, 0.15) is 13.8 Å². The van der Waals surface area contributed by atoms with Crippen LogP contribution in [-0.2, 0) is 10.0 Å². The Bertz CT molecular complexity index is 590. The Morgan fingerprint density at radius 2 is 2.05 bits per heavy atom. The van der Waals surface area contributed by atoms with E-state index in [-0.39, 0.29) is 25.2 Å². The number of hydrogen-bond donors (Lipinski definition) is 2. The van der Waals surface area contributed by atoms with Gasteiger partial charge in [0, 0.05) is 17.1 Å². The molecule has 2 N–H and O–H groups in total. The molecular formula is C13H20BrN3O3S. The second-order valence-electron chi connectivity index (χ2n) is 4.87. The summed E-state index contributed by atoms with van der Waals surface area (Å²) >= 11 is 3.31. The zero-order valence-electron chi connectivity index (χ0n) is 12.3. The standard InChI is InChI=1S/C13H20BrN3O3S/c1-10(2)16-13(18)15-7-8-17(21(3,19)20)12-6-4-5-11(14)9-12/h4-6,9-10H,7-8H2,1-3H3,(H2,15,16,18). The summed E-state index contributed by atoms with van der Waals surface area (Å²) in [5.74, 6) is 0. The summed E-state index contributed by atoms with van der Waals surface area (Å²) in [6.45, 7) is 4.09. The molecule has 0 atom stereocenters. The van der Waals surface area contributed by atoms with Crippen LogP contribution >= 0.6 is 15.9 Å². The van der Waals surface area contributed by atoms with Crippen molar-refractivity contribution in [3.63, 3.8) is 0 Å². The number of nitrogens with zero attached hydrogens (tertiary/aromatic N) is 1. The number of halogens is 1. The quantitative estimate of drug-likeness (QED) is 0.794. The van der Waals surface area contributed by atoms with Gasteiger partial charge in [-0.2, -0.15) is 0 Å². The Morgan fingerprint density at radius 1 is 1.38 bits per heavy atom. The average molecular weight is 378 g/mol. The summed E-state index contributed by atoms with van der Waals surface area (Å²) in [5, 5.41) is 5.31. The van der Waals surface area contributed by atoms with Crippen molar-refractivity contribution < 1.29 is 13.2 Å². The van der Waals surface area contributed by atoms with Crippen molar-refractivity contribution >= 4 is 37.7 Å². The molecule has 0 saturated carbocycles. The summed E-state index contributed by atoms with van der Waals surface area (Å²) < 4.78 is 25.8. The maximum atomic E-state index is 11.9. The van der Waals surface area contributed by atoms with Gasteiger partial charge in [0.2, 0.25) is 10.0 Å². The molecule has 0 saturated heterocycles. The third-order valence-corrected chi connectivity index (χ3v) is 4.20. The molecule has 0 aromatic heterocycles. The largest absolute Gasteiger partial charge is 0.336 e. The molecule has 1 aromatic rings. The van der Waals surface area contributed by atoms with Gasteiger partial charge in [0.15, 0.2) is 0 Å². The molecule has 0 radical (unpaired) electrons. The first-order chi connectivity index (χ1) is 9.70. The van der Waals surface area contributed by atoms with Crippen LogP contribution in [0.5, 0.6) is 0 Å². The number of sulfonamides is 1. The minimum absolute atomic E-state index is 0.0288. The van der Waals surface area contributed by atoms with Gasteiger partial charge in [0.05, 0.1) is 18.5 Å². The Morgan fingerprint density at radius 3 is 2.57 bits per heavy atom. The second kappa shape index (κ2) is 7.65. The number of benzene rings is 1. The lowest BCUT2D eigenvalue weighted by atomic mass is 10.3. The van der Waals surface area contributed by atoms with Crippen LogP contribution in [0.2, 0.25) is 0 Å². The van der Waals surface area contributed by atoms with Crippen molar-refractivity contribution in [2.45, 2.75) is 19.9 Å². The topological polar surface area (TPSA) is 78.5 Å². The first-order valence-corrected chi connectivity index (χ1v) is 9.12. The van der Waals surface area contributed by atoms with Gasteiger partial charge in [-0.3, -0.25) is 4.31 Å². The Kier molecular flexibility index (Phi) is 6.47. The van der Waals surface area contributed by atoms with Crippen molar-refractivity contribution in [1.82, 2.24) is 10.6 Å². The second-order valence-corrected chi connectivity index (χ2v) is 7.69. The van der Waals surface area contributed by atoms with Crippen LogP contribution in [0.25, 0.3) is 0 Å². The van der Waals surface area contributed by atoms with Gasteiger partial charge >= 0.3 is 6.03 Å². The van der Waals surface area contributed by atoms with Crippen molar-refractivity contribution in [2.75, 3.05) is 23.7 Å². The molecule has 0 heterocycles. The van der Waals surface area contributed by atoms with Gasteiger partial charge in [-0.15, -0.1) is 0 Å². The van der Waals surface area contributed by atoms with Crippen LogP contribution in [-0.4, -0.2) is 39.8 Å². The lowest BCUT2D eigenvalue weighted by Gasteiger charge is -2.23. The van der Waals surface area contributed by atoms with E-state index in [1.165, 1.54) is 4.31 Å². The number of anilines is 1. The van der Waals surface area contributed by atoms with Crippen LogP contribution < -0.4 is 14.9 Å². The van der Waals surface area contributed by atoms with Crippen molar-refractivity contribution in [3.05, 3.63) is 28.7 Å². The number of carbonyl (C=O) groups is 1. The summed E-state index contributed by atoms with van der Waals surface area (Å²) in [6, 6.07) is 6.72. The third-order valence-electron chi connectivity index (χ3n) is 2.52. The molecule has 0 bridgehead atoms. The molecule has 1 rings (SSSR count). The molecule has 118 valence electrons. The van der Waals surface area contributed by atoms with Crippen LogP contribution in [0, 0.1) is 0 Å². The van der Waals surface area contributed by atoms with E-state index >= 15 is 0 Å². The van der Waals surface area contributed by atoms with E-state index < -0.39 is 10.0 Å². The van der Waals surface area contributed by atoms with Gasteiger partial charge in [-0.05, 0) is 32.0 Å². The average Bonchev–Trinajstić information content (AvgIpc) is 2.32. The number of urea groups is 1. The van der Waals surface area contributed by atoms with E-state index in [2.05, 4.69) is 26.6 Å². The molecule has 0 fully saturated rings. The van der Waals surface area contributed by atoms with Crippen molar-refractivity contribution in [2.24, 2.45) is 0 Å². The minimum atomic E-state index is -3.41. The van der Waals surface area contributed by atoms with E-state index in [1.807, 2.05) is 19.9 Å². The first-order valence-electron chi connectivity index (χ1n) is 6.48. The number of rotatable bonds is 6. The molecule has 21 heavy (non-hydrogen) atoms. The molecule has 0 aliphatic carbocycles. The molecule has 0 spiro atoms.